The van der Waals surface area contributed by atoms with Crippen LogP contribution in [0.4, 0.5) is 11.4 Å². The fourth-order valence-electron chi connectivity index (χ4n) is 2.80. The van der Waals surface area contributed by atoms with Crippen molar-refractivity contribution in [3.05, 3.63) is 68.3 Å². The molecule has 1 amide bonds. The van der Waals surface area contributed by atoms with Crippen LogP contribution < -0.4 is 5.32 Å². The highest BCUT2D eigenvalue weighted by Crippen LogP contribution is 2.23. The molecule has 0 unspecified atom stereocenters. The average molecular weight is 356 g/mol. The van der Waals surface area contributed by atoms with Crippen molar-refractivity contribution in [3.63, 3.8) is 0 Å². The molecule has 0 fully saturated rings. The van der Waals surface area contributed by atoms with Gasteiger partial charge in [-0.3, -0.25) is 14.9 Å². The first-order chi connectivity index (χ1) is 12.2. The molecule has 2 rings (SSSR count). The number of anilines is 1. The number of amides is 1. The molecule has 26 heavy (non-hydrogen) atoms. The van der Waals surface area contributed by atoms with E-state index in [9.17, 15) is 19.7 Å². The normalized spacial score (nSPS) is 10.3. The van der Waals surface area contributed by atoms with Crippen molar-refractivity contribution < 1.29 is 19.2 Å². The number of benzene rings is 2. The van der Waals surface area contributed by atoms with Crippen molar-refractivity contribution in [1.29, 1.82) is 0 Å². The smallest absolute Gasteiger partial charge is 0.339 e. The molecule has 0 saturated heterocycles. The topological polar surface area (TPSA) is 98.5 Å². The highest BCUT2D eigenvalue weighted by atomic mass is 16.6. The first kappa shape index (κ1) is 19.1. The van der Waals surface area contributed by atoms with E-state index in [2.05, 4.69) is 5.32 Å². The summed E-state index contributed by atoms with van der Waals surface area (Å²) in [6.07, 6.45) is 0. The second kappa shape index (κ2) is 7.77. The van der Waals surface area contributed by atoms with E-state index in [1.54, 1.807) is 0 Å². The van der Waals surface area contributed by atoms with Crippen molar-refractivity contribution in [2.75, 3.05) is 11.9 Å². The standard InChI is InChI=1S/C19H20N2O5/c1-11-8-12(2)18(13(3)9-11)20-17(22)10-26-19(23)15-6-5-7-16(14(15)4)21(24)25/h5-9H,10H2,1-4H3,(H,20,22). The van der Waals surface area contributed by atoms with E-state index in [1.807, 2.05) is 32.9 Å². The molecule has 0 aliphatic heterocycles. The minimum atomic E-state index is -0.779. The van der Waals surface area contributed by atoms with E-state index in [0.717, 1.165) is 16.7 Å². The van der Waals surface area contributed by atoms with Crippen LogP contribution in [0.15, 0.2) is 30.3 Å². The van der Waals surface area contributed by atoms with Gasteiger partial charge < -0.3 is 10.1 Å². The Labute approximate surface area is 151 Å². The summed E-state index contributed by atoms with van der Waals surface area (Å²) in [6, 6.07) is 8.03. The first-order valence-corrected chi connectivity index (χ1v) is 7.99. The van der Waals surface area contributed by atoms with Gasteiger partial charge in [0.1, 0.15) is 0 Å². The lowest BCUT2D eigenvalue weighted by Gasteiger charge is -2.13. The third-order valence-electron chi connectivity index (χ3n) is 4.00. The van der Waals surface area contributed by atoms with Crippen LogP contribution in [0.3, 0.4) is 0 Å². The van der Waals surface area contributed by atoms with Crippen LogP contribution in [-0.4, -0.2) is 23.4 Å². The maximum Gasteiger partial charge on any atom is 0.339 e. The summed E-state index contributed by atoms with van der Waals surface area (Å²) in [7, 11) is 0. The van der Waals surface area contributed by atoms with E-state index in [1.165, 1.54) is 25.1 Å². The molecule has 2 aromatic carbocycles. The number of rotatable bonds is 5. The highest BCUT2D eigenvalue weighted by molar-refractivity contribution is 5.97. The van der Waals surface area contributed by atoms with Crippen LogP contribution in [0.5, 0.6) is 0 Å². The van der Waals surface area contributed by atoms with Crippen LogP contribution in [0.2, 0.25) is 0 Å². The predicted octanol–water partition coefficient (Wildman–Crippen LogP) is 3.62. The van der Waals surface area contributed by atoms with Gasteiger partial charge in [0.2, 0.25) is 0 Å². The predicted molar refractivity (Wildman–Crippen MR) is 97.4 cm³/mol. The highest BCUT2D eigenvalue weighted by Gasteiger charge is 2.20. The van der Waals surface area contributed by atoms with Gasteiger partial charge in [-0.25, -0.2) is 4.79 Å². The lowest BCUT2D eigenvalue weighted by Crippen LogP contribution is -2.22. The molecule has 1 N–H and O–H groups in total. The summed E-state index contributed by atoms with van der Waals surface area (Å²) in [5.41, 5.74) is 3.69. The summed E-state index contributed by atoms with van der Waals surface area (Å²) < 4.78 is 5.01. The number of hydrogen-bond acceptors (Lipinski definition) is 5. The van der Waals surface area contributed by atoms with Crippen molar-refractivity contribution >= 4 is 23.3 Å². The van der Waals surface area contributed by atoms with Gasteiger partial charge in [0.15, 0.2) is 6.61 Å². The number of nitro groups is 1. The zero-order valence-electron chi connectivity index (χ0n) is 15.1. The molecule has 7 nitrogen and oxygen atoms in total. The number of hydrogen-bond donors (Lipinski definition) is 1. The molecule has 0 atom stereocenters. The van der Waals surface area contributed by atoms with E-state index in [4.69, 9.17) is 4.74 Å². The number of nitrogens with zero attached hydrogens (tertiary/aromatic N) is 1. The second-order valence-electron chi connectivity index (χ2n) is 6.10. The van der Waals surface area contributed by atoms with Gasteiger partial charge >= 0.3 is 5.97 Å². The fraction of sp³-hybridized carbons (Fsp3) is 0.263. The van der Waals surface area contributed by atoms with Crippen LogP contribution in [0.25, 0.3) is 0 Å². The van der Waals surface area contributed by atoms with Gasteiger partial charge in [-0.05, 0) is 44.9 Å². The quantitative estimate of drug-likeness (QED) is 0.501. The molecule has 0 bridgehead atoms. The van der Waals surface area contributed by atoms with Crippen LogP contribution in [0.1, 0.15) is 32.6 Å². The molecule has 0 spiro atoms. The number of nitrogens with one attached hydrogen (secondary N) is 1. The maximum atomic E-state index is 12.2. The Hall–Kier alpha value is -3.22. The van der Waals surface area contributed by atoms with Gasteiger partial charge in [0.25, 0.3) is 11.6 Å². The average Bonchev–Trinajstić information content (AvgIpc) is 2.55. The molecule has 0 aliphatic rings. The number of ether oxygens (including phenoxy) is 1. The van der Waals surface area contributed by atoms with Crippen molar-refractivity contribution in [1.82, 2.24) is 0 Å². The number of carbonyl (C=O) groups is 2. The molecule has 0 saturated carbocycles. The zero-order chi connectivity index (χ0) is 19.4. The van der Waals surface area contributed by atoms with E-state index < -0.39 is 23.4 Å². The minimum absolute atomic E-state index is 0.0645. The molecule has 7 heteroatoms. The SMILES string of the molecule is Cc1cc(C)c(NC(=O)COC(=O)c2cccc([N+](=O)[O-])c2C)c(C)c1. The van der Waals surface area contributed by atoms with Gasteiger partial charge in [0, 0.05) is 17.3 Å². The zero-order valence-corrected chi connectivity index (χ0v) is 15.1. The molecular formula is C19H20N2O5. The Morgan fingerprint density at radius 2 is 1.73 bits per heavy atom. The van der Waals surface area contributed by atoms with Crippen LogP contribution in [0, 0.1) is 37.8 Å². The van der Waals surface area contributed by atoms with Gasteiger partial charge in [-0.2, -0.15) is 0 Å². The van der Waals surface area contributed by atoms with Crippen molar-refractivity contribution in [2.24, 2.45) is 0 Å². The third-order valence-corrected chi connectivity index (χ3v) is 4.00. The molecular weight excluding hydrogens is 336 g/mol. The Balaban J connectivity index is 2.05. The third kappa shape index (κ3) is 4.24. The van der Waals surface area contributed by atoms with Gasteiger partial charge in [0.05, 0.1) is 10.5 Å². The van der Waals surface area contributed by atoms with Gasteiger partial charge in [-0.15, -0.1) is 0 Å². The Morgan fingerprint density at radius 1 is 1.12 bits per heavy atom. The molecule has 136 valence electrons. The summed E-state index contributed by atoms with van der Waals surface area (Å²) in [4.78, 5) is 34.6. The van der Waals surface area contributed by atoms with Crippen molar-refractivity contribution in [2.45, 2.75) is 27.7 Å². The second-order valence-corrected chi connectivity index (χ2v) is 6.10. The molecule has 0 aliphatic carbocycles. The van der Waals surface area contributed by atoms with E-state index in [0.29, 0.717) is 5.69 Å². The number of nitro benzene ring substituents is 1. The Morgan fingerprint density at radius 3 is 2.31 bits per heavy atom. The molecule has 0 aromatic heterocycles. The van der Waals surface area contributed by atoms with E-state index >= 15 is 0 Å². The lowest BCUT2D eigenvalue weighted by atomic mass is 10.1. The first-order valence-electron chi connectivity index (χ1n) is 7.99. The van der Waals surface area contributed by atoms with Gasteiger partial charge in [-0.1, -0.05) is 23.8 Å². The summed E-state index contributed by atoms with van der Waals surface area (Å²) in [5.74, 6) is -1.25. The number of esters is 1. The number of aryl methyl sites for hydroxylation is 3. The van der Waals surface area contributed by atoms with E-state index in [-0.39, 0.29) is 16.8 Å². The summed E-state index contributed by atoms with van der Waals surface area (Å²) in [6.45, 7) is 6.72. The monoisotopic (exact) mass is 356 g/mol. The maximum absolute atomic E-state index is 12.2. The molecule has 0 heterocycles. The molecule has 2 aromatic rings. The fourth-order valence-corrected chi connectivity index (χ4v) is 2.80. The number of carbonyl (C=O) groups excluding carboxylic acids is 2. The van der Waals surface area contributed by atoms with Crippen LogP contribution in [-0.2, 0) is 9.53 Å². The lowest BCUT2D eigenvalue weighted by molar-refractivity contribution is -0.385. The summed E-state index contributed by atoms with van der Waals surface area (Å²) in [5, 5.41) is 13.7. The largest absolute Gasteiger partial charge is 0.452 e. The molecule has 0 radical (unpaired) electrons. The Bertz CT molecular complexity index is 866. The minimum Gasteiger partial charge on any atom is -0.452 e. The van der Waals surface area contributed by atoms with Crippen molar-refractivity contribution in [3.8, 4) is 0 Å². The Kier molecular flexibility index (Phi) is 5.71. The summed E-state index contributed by atoms with van der Waals surface area (Å²) >= 11 is 0. The van der Waals surface area contributed by atoms with Crippen LogP contribution >= 0.6 is 0 Å².